The van der Waals surface area contributed by atoms with Gasteiger partial charge in [-0.3, -0.25) is 10.1 Å². The molecule has 0 radical (unpaired) electrons. The maximum absolute atomic E-state index is 10.9. The lowest BCUT2D eigenvalue weighted by Gasteiger charge is -2.12. The summed E-state index contributed by atoms with van der Waals surface area (Å²) in [5.74, 6) is -0.247. The Balaban J connectivity index is 2.06. The van der Waals surface area contributed by atoms with Crippen LogP contribution in [0.25, 0.3) is 0 Å². The molecular formula is C11H14N2O. The maximum atomic E-state index is 10.9. The fraction of sp³-hybridized carbons (Fsp3) is 0.364. The number of carbonyl (C=O) groups is 1. The Morgan fingerprint density at radius 3 is 2.57 bits per heavy atom. The number of rotatable bonds is 2. The van der Waals surface area contributed by atoms with Gasteiger partial charge in [0.2, 0.25) is 5.91 Å². The molecule has 1 amide bonds. The van der Waals surface area contributed by atoms with E-state index in [1.165, 1.54) is 5.56 Å². The molecule has 1 aliphatic heterocycles. The summed E-state index contributed by atoms with van der Waals surface area (Å²) in [6.45, 7) is 0. The molecule has 3 heteroatoms. The molecule has 1 fully saturated rings. The van der Waals surface area contributed by atoms with Gasteiger partial charge in [0, 0.05) is 6.04 Å². The summed E-state index contributed by atoms with van der Waals surface area (Å²) >= 11 is 0. The number of hydrogen-bond acceptors (Lipinski definition) is 2. The van der Waals surface area contributed by atoms with Crippen molar-refractivity contribution in [2.24, 2.45) is 5.73 Å². The average molecular weight is 190 g/mol. The fourth-order valence-electron chi connectivity index (χ4n) is 1.92. The van der Waals surface area contributed by atoms with Crippen LogP contribution in [0.4, 0.5) is 0 Å². The first-order valence-electron chi connectivity index (χ1n) is 4.87. The molecule has 74 valence electrons. The van der Waals surface area contributed by atoms with Gasteiger partial charge in [0.25, 0.3) is 0 Å². The van der Waals surface area contributed by atoms with Crippen LogP contribution in [0.3, 0.4) is 0 Å². The van der Waals surface area contributed by atoms with Gasteiger partial charge in [-0.2, -0.15) is 0 Å². The molecule has 0 saturated carbocycles. The first-order chi connectivity index (χ1) is 6.77. The smallest absolute Gasteiger partial charge is 0.234 e. The van der Waals surface area contributed by atoms with Gasteiger partial charge in [-0.25, -0.2) is 0 Å². The van der Waals surface area contributed by atoms with E-state index in [-0.39, 0.29) is 18.0 Å². The lowest BCUT2D eigenvalue weighted by Crippen LogP contribution is -2.37. The van der Waals surface area contributed by atoms with Crippen LogP contribution < -0.4 is 11.1 Å². The van der Waals surface area contributed by atoms with E-state index < -0.39 is 0 Å². The number of hydrogen-bond donors (Lipinski definition) is 2. The Labute approximate surface area is 83.3 Å². The van der Waals surface area contributed by atoms with Crippen molar-refractivity contribution in [2.45, 2.75) is 24.9 Å². The van der Waals surface area contributed by atoms with Crippen LogP contribution >= 0.6 is 0 Å². The van der Waals surface area contributed by atoms with Crippen molar-refractivity contribution in [3.8, 4) is 0 Å². The largest absolute Gasteiger partial charge is 0.368 e. The van der Waals surface area contributed by atoms with Gasteiger partial charge < -0.3 is 5.73 Å². The highest BCUT2D eigenvalue weighted by Crippen LogP contribution is 2.25. The molecule has 1 heterocycles. The number of nitrogens with one attached hydrogen (secondary N) is 1. The van der Waals surface area contributed by atoms with E-state index in [1.54, 1.807) is 0 Å². The predicted molar refractivity (Wildman–Crippen MR) is 54.5 cm³/mol. The molecule has 14 heavy (non-hydrogen) atoms. The molecule has 0 aliphatic carbocycles. The normalized spacial score (nSPS) is 26.3. The molecule has 3 N–H and O–H groups in total. The van der Waals surface area contributed by atoms with Gasteiger partial charge in [0.1, 0.15) is 0 Å². The number of nitrogens with two attached hydrogens (primary N) is 1. The molecule has 2 rings (SSSR count). The number of amides is 1. The highest BCUT2D eigenvalue weighted by Gasteiger charge is 2.27. The van der Waals surface area contributed by atoms with Crippen molar-refractivity contribution in [3.63, 3.8) is 0 Å². The quantitative estimate of drug-likeness (QED) is 0.730. The second-order valence-electron chi connectivity index (χ2n) is 3.66. The Morgan fingerprint density at radius 2 is 2.00 bits per heavy atom. The highest BCUT2D eigenvalue weighted by molar-refractivity contribution is 5.80. The fourth-order valence-corrected chi connectivity index (χ4v) is 1.92. The Bertz CT molecular complexity index is 323. The summed E-state index contributed by atoms with van der Waals surface area (Å²) in [6, 6.07) is 10.3. The predicted octanol–water partition coefficient (Wildman–Crippen LogP) is 0.965. The van der Waals surface area contributed by atoms with Crippen molar-refractivity contribution in [3.05, 3.63) is 35.9 Å². The van der Waals surface area contributed by atoms with Gasteiger partial charge in [-0.1, -0.05) is 30.3 Å². The zero-order chi connectivity index (χ0) is 9.97. The van der Waals surface area contributed by atoms with Gasteiger partial charge >= 0.3 is 0 Å². The van der Waals surface area contributed by atoms with Gasteiger partial charge in [-0.15, -0.1) is 0 Å². The summed E-state index contributed by atoms with van der Waals surface area (Å²) in [4.78, 5) is 10.9. The van der Waals surface area contributed by atoms with Crippen LogP contribution in [0.2, 0.25) is 0 Å². The molecule has 2 atom stereocenters. The first kappa shape index (κ1) is 9.21. The summed E-state index contributed by atoms with van der Waals surface area (Å²) in [5, 5.41) is 3.23. The van der Waals surface area contributed by atoms with E-state index in [0.29, 0.717) is 0 Å². The van der Waals surface area contributed by atoms with Crippen LogP contribution in [-0.4, -0.2) is 11.9 Å². The third-order valence-corrected chi connectivity index (χ3v) is 2.69. The van der Waals surface area contributed by atoms with E-state index in [0.717, 1.165) is 12.8 Å². The molecule has 1 aromatic rings. The summed E-state index contributed by atoms with van der Waals surface area (Å²) in [6.07, 6.45) is 1.83. The van der Waals surface area contributed by atoms with E-state index in [2.05, 4.69) is 17.4 Å². The van der Waals surface area contributed by atoms with E-state index in [1.807, 2.05) is 18.2 Å². The lowest BCUT2D eigenvalue weighted by atomic mass is 10.1. The van der Waals surface area contributed by atoms with Crippen molar-refractivity contribution < 1.29 is 4.79 Å². The molecule has 1 aliphatic rings. The zero-order valence-electron chi connectivity index (χ0n) is 7.94. The SMILES string of the molecule is NC(=O)[C@H]1CC[C@H](c2ccccc2)N1. The van der Waals surface area contributed by atoms with E-state index in [4.69, 9.17) is 5.73 Å². The first-order valence-corrected chi connectivity index (χ1v) is 4.87. The van der Waals surface area contributed by atoms with Crippen molar-refractivity contribution in [2.75, 3.05) is 0 Å². The lowest BCUT2D eigenvalue weighted by molar-refractivity contribution is -0.119. The third kappa shape index (κ3) is 1.77. The number of carbonyl (C=O) groups excluding carboxylic acids is 1. The molecule has 0 unspecified atom stereocenters. The van der Waals surface area contributed by atoms with Gasteiger partial charge in [0.15, 0.2) is 0 Å². The van der Waals surface area contributed by atoms with Crippen LogP contribution in [0.5, 0.6) is 0 Å². The monoisotopic (exact) mass is 190 g/mol. The molecule has 0 bridgehead atoms. The highest BCUT2D eigenvalue weighted by atomic mass is 16.1. The standard InChI is InChI=1S/C11H14N2O/c12-11(14)10-7-6-9(13-10)8-4-2-1-3-5-8/h1-5,9-10,13H,6-7H2,(H2,12,14)/t9-,10-/m1/s1. The summed E-state index contributed by atoms with van der Waals surface area (Å²) in [7, 11) is 0. The van der Waals surface area contributed by atoms with Crippen LogP contribution in [-0.2, 0) is 4.79 Å². The van der Waals surface area contributed by atoms with Crippen molar-refractivity contribution in [1.82, 2.24) is 5.32 Å². The summed E-state index contributed by atoms with van der Waals surface area (Å²) in [5.41, 5.74) is 6.47. The van der Waals surface area contributed by atoms with Crippen LogP contribution in [0.15, 0.2) is 30.3 Å². The number of primary amides is 1. The van der Waals surface area contributed by atoms with E-state index >= 15 is 0 Å². The molecule has 0 spiro atoms. The molecule has 3 nitrogen and oxygen atoms in total. The number of benzene rings is 1. The second-order valence-corrected chi connectivity index (χ2v) is 3.66. The Morgan fingerprint density at radius 1 is 1.29 bits per heavy atom. The average Bonchev–Trinajstić information content (AvgIpc) is 2.68. The Hall–Kier alpha value is -1.35. The molecule has 1 saturated heterocycles. The Kier molecular flexibility index (Phi) is 2.50. The van der Waals surface area contributed by atoms with Crippen molar-refractivity contribution >= 4 is 5.91 Å². The topological polar surface area (TPSA) is 55.1 Å². The minimum absolute atomic E-state index is 0.153. The van der Waals surface area contributed by atoms with Crippen molar-refractivity contribution in [1.29, 1.82) is 0 Å². The van der Waals surface area contributed by atoms with Crippen LogP contribution in [0.1, 0.15) is 24.4 Å². The zero-order valence-corrected chi connectivity index (χ0v) is 7.94. The summed E-state index contributed by atoms with van der Waals surface area (Å²) < 4.78 is 0. The molecular weight excluding hydrogens is 176 g/mol. The second kappa shape index (κ2) is 3.80. The van der Waals surface area contributed by atoms with Gasteiger partial charge in [0.05, 0.1) is 6.04 Å². The van der Waals surface area contributed by atoms with Gasteiger partial charge in [-0.05, 0) is 18.4 Å². The molecule has 1 aromatic carbocycles. The van der Waals surface area contributed by atoms with E-state index in [9.17, 15) is 4.79 Å². The minimum atomic E-state index is -0.247. The third-order valence-electron chi connectivity index (χ3n) is 2.69. The molecule has 0 aromatic heterocycles. The minimum Gasteiger partial charge on any atom is -0.368 e. The van der Waals surface area contributed by atoms with Crippen LogP contribution in [0, 0.1) is 0 Å². The maximum Gasteiger partial charge on any atom is 0.234 e.